The van der Waals surface area contributed by atoms with Crippen LogP contribution in [-0.2, 0) is 65.4 Å². The molecular formula is C78H152O17P2. The van der Waals surface area contributed by atoms with Gasteiger partial charge in [-0.2, -0.15) is 0 Å². The summed E-state index contributed by atoms with van der Waals surface area (Å²) in [7, 11) is -9.91. The largest absolute Gasteiger partial charge is 0.472 e. The monoisotopic (exact) mass is 1420 g/mol. The zero-order valence-electron chi connectivity index (χ0n) is 63.2. The average molecular weight is 1420 g/mol. The third-order valence-electron chi connectivity index (χ3n) is 18.6. The minimum absolute atomic E-state index is 0.106. The summed E-state index contributed by atoms with van der Waals surface area (Å²) in [6.07, 6.45) is 61.1. The highest BCUT2D eigenvalue weighted by Gasteiger charge is 2.30. The van der Waals surface area contributed by atoms with Gasteiger partial charge in [-0.05, 0) is 31.6 Å². The van der Waals surface area contributed by atoms with Crippen LogP contribution >= 0.6 is 15.6 Å². The summed E-state index contributed by atoms with van der Waals surface area (Å²) in [4.78, 5) is 72.8. The van der Waals surface area contributed by atoms with Gasteiger partial charge < -0.3 is 33.8 Å². The molecule has 0 rings (SSSR count). The number of phosphoric acid groups is 2. The Morgan fingerprint density at radius 1 is 0.289 bits per heavy atom. The van der Waals surface area contributed by atoms with Gasteiger partial charge >= 0.3 is 39.5 Å². The molecule has 0 aromatic heterocycles. The molecule has 0 aromatic rings. The molecule has 17 nitrogen and oxygen atoms in total. The zero-order chi connectivity index (χ0) is 71.2. The van der Waals surface area contributed by atoms with Gasteiger partial charge in [0.25, 0.3) is 0 Å². The van der Waals surface area contributed by atoms with Gasteiger partial charge in [0.15, 0.2) is 12.2 Å². The molecule has 0 spiro atoms. The van der Waals surface area contributed by atoms with Gasteiger partial charge in [0.2, 0.25) is 0 Å². The number of aliphatic hydroxyl groups is 1. The van der Waals surface area contributed by atoms with Crippen molar-refractivity contribution in [2.45, 2.75) is 432 Å². The lowest BCUT2D eigenvalue weighted by Crippen LogP contribution is -2.30. The van der Waals surface area contributed by atoms with Gasteiger partial charge in [-0.25, -0.2) is 9.13 Å². The molecule has 3 unspecified atom stereocenters. The fraction of sp³-hybridized carbons (Fsp3) is 0.949. The topological polar surface area (TPSA) is 237 Å². The van der Waals surface area contributed by atoms with Crippen molar-refractivity contribution in [3.8, 4) is 0 Å². The van der Waals surface area contributed by atoms with Crippen LogP contribution in [0.4, 0.5) is 0 Å². The molecule has 0 heterocycles. The first kappa shape index (κ1) is 95.1. The Kier molecular flexibility index (Phi) is 69.6. The number of hydrogen-bond donors (Lipinski definition) is 3. The third-order valence-corrected chi connectivity index (χ3v) is 20.5. The van der Waals surface area contributed by atoms with Crippen LogP contribution < -0.4 is 0 Å². The summed E-state index contributed by atoms with van der Waals surface area (Å²) in [6.45, 7) is 7.29. The molecule has 0 saturated carbocycles. The maximum absolute atomic E-state index is 13.1. The van der Waals surface area contributed by atoms with Crippen LogP contribution in [-0.4, -0.2) is 96.7 Å². The van der Waals surface area contributed by atoms with Crippen molar-refractivity contribution < 1.29 is 80.2 Å². The first-order valence-corrected chi connectivity index (χ1v) is 43.7. The van der Waals surface area contributed by atoms with E-state index < -0.39 is 97.5 Å². The SMILES string of the molecule is CCCCCCCCCCCCCCCCCCCCC(=O)OC[C@H](COP(=O)(O)OC[C@@H](O)COP(=O)(O)OC[C@@H](COC(=O)CCCCCCCCC)OC(=O)CCCCCCCCCCCCC(C)CC)OC(=O)CCCCCCCCCCCCCCCCCCCC. The summed E-state index contributed by atoms with van der Waals surface area (Å²) in [5.41, 5.74) is 0. The lowest BCUT2D eigenvalue weighted by Gasteiger charge is -2.21. The summed E-state index contributed by atoms with van der Waals surface area (Å²) >= 11 is 0. The summed E-state index contributed by atoms with van der Waals surface area (Å²) in [5.74, 6) is -1.31. The van der Waals surface area contributed by atoms with Gasteiger partial charge in [0, 0.05) is 25.7 Å². The van der Waals surface area contributed by atoms with Crippen molar-refractivity contribution in [1.29, 1.82) is 0 Å². The molecule has 0 amide bonds. The van der Waals surface area contributed by atoms with Crippen LogP contribution in [0.5, 0.6) is 0 Å². The summed E-state index contributed by atoms with van der Waals surface area (Å²) < 4.78 is 68.5. The van der Waals surface area contributed by atoms with Gasteiger partial charge in [-0.1, -0.05) is 362 Å². The number of carbonyl (C=O) groups is 4. The second kappa shape index (κ2) is 71.1. The van der Waals surface area contributed by atoms with E-state index >= 15 is 0 Å². The molecule has 97 heavy (non-hydrogen) atoms. The number of aliphatic hydroxyl groups excluding tert-OH is 1. The molecule has 576 valence electrons. The number of ether oxygens (including phenoxy) is 4. The van der Waals surface area contributed by atoms with Gasteiger partial charge in [-0.3, -0.25) is 37.3 Å². The highest BCUT2D eigenvalue weighted by molar-refractivity contribution is 7.47. The predicted molar refractivity (Wildman–Crippen MR) is 395 cm³/mol. The second-order valence-corrected chi connectivity index (χ2v) is 31.3. The minimum atomic E-state index is -4.96. The van der Waals surface area contributed by atoms with Crippen LogP contribution in [0.3, 0.4) is 0 Å². The van der Waals surface area contributed by atoms with E-state index in [-0.39, 0.29) is 25.7 Å². The van der Waals surface area contributed by atoms with Crippen molar-refractivity contribution in [2.24, 2.45) is 5.92 Å². The quantitative estimate of drug-likeness (QED) is 0.0222. The maximum atomic E-state index is 13.1. The van der Waals surface area contributed by atoms with E-state index in [0.717, 1.165) is 109 Å². The number of phosphoric ester groups is 2. The molecule has 0 aliphatic rings. The molecule has 0 radical (unpaired) electrons. The highest BCUT2D eigenvalue weighted by Crippen LogP contribution is 2.45. The highest BCUT2D eigenvalue weighted by atomic mass is 31.2. The normalized spacial score (nSPS) is 14.2. The molecule has 3 N–H and O–H groups in total. The van der Waals surface area contributed by atoms with E-state index in [1.165, 1.54) is 225 Å². The van der Waals surface area contributed by atoms with Crippen LogP contribution in [0.1, 0.15) is 413 Å². The Balaban J connectivity index is 5.19. The standard InChI is InChI=1S/C78H152O17P2/c1-6-10-13-16-19-21-23-25-27-29-31-33-35-37-42-47-52-57-62-76(81)89-68-74(95-77(82)63-58-53-48-43-38-36-34-32-30-28-26-24-22-20-17-14-11-7-2)70-93-97(86,87)91-66-72(79)65-90-96(84,85)92-69-73(67-88-75(80)61-56-51-45-18-15-12-8-3)94-78(83)64-59-54-49-44-40-39-41-46-50-55-60-71(5)9-4/h71-74,79H,6-70H2,1-5H3,(H,84,85)(H,86,87)/t71?,72-,73+,74+/m0/s1. The minimum Gasteiger partial charge on any atom is -0.462 e. The van der Waals surface area contributed by atoms with Gasteiger partial charge in [0.1, 0.15) is 19.3 Å². The van der Waals surface area contributed by atoms with Crippen LogP contribution in [0.15, 0.2) is 0 Å². The molecule has 6 atom stereocenters. The van der Waals surface area contributed by atoms with Gasteiger partial charge in [0.05, 0.1) is 26.4 Å². The molecule has 19 heteroatoms. The Morgan fingerprint density at radius 2 is 0.495 bits per heavy atom. The number of rotatable bonds is 78. The molecule has 0 bridgehead atoms. The molecular weight excluding hydrogens is 1270 g/mol. The zero-order valence-corrected chi connectivity index (χ0v) is 65.0. The Labute approximate surface area is 594 Å². The fourth-order valence-corrected chi connectivity index (χ4v) is 13.6. The van der Waals surface area contributed by atoms with Crippen molar-refractivity contribution >= 4 is 39.5 Å². The first-order valence-electron chi connectivity index (χ1n) is 40.7. The van der Waals surface area contributed by atoms with E-state index in [9.17, 15) is 43.2 Å². The maximum Gasteiger partial charge on any atom is 0.472 e. The lowest BCUT2D eigenvalue weighted by atomic mass is 9.99. The van der Waals surface area contributed by atoms with Crippen LogP contribution in [0.2, 0.25) is 0 Å². The number of esters is 4. The number of carbonyl (C=O) groups excluding carboxylic acids is 4. The Hall–Kier alpha value is -1.94. The average Bonchev–Trinajstić information content (AvgIpc) is 1.53. The second-order valence-electron chi connectivity index (χ2n) is 28.3. The summed E-state index contributed by atoms with van der Waals surface area (Å²) in [5, 5.41) is 10.6. The molecule has 0 fully saturated rings. The summed E-state index contributed by atoms with van der Waals surface area (Å²) in [6, 6.07) is 0. The van der Waals surface area contributed by atoms with E-state index in [4.69, 9.17) is 37.0 Å². The first-order chi connectivity index (χ1) is 47.1. The van der Waals surface area contributed by atoms with E-state index in [2.05, 4.69) is 34.6 Å². The lowest BCUT2D eigenvalue weighted by molar-refractivity contribution is -0.161. The van der Waals surface area contributed by atoms with Crippen molar-refractivity contribution in [3.63, 3.8) is 0 Å². The number of hydrogen-bond acceptors (Lipinski definition) is 15. The number of unbranched alkanes of at least 4 members (excludes halogenated alkanes) is 49. The fourth-order valence-electron chi connectivity index (χ4n) is 12.0. The van der Waals surface area contributed by atoms with Crippen LogP contribution in [0, 0.1) is 5.92 Å². The smallest absolute Gasteiger partial charge is 0.462 e. The van der Waals surface area contributed by atoms with Crippen molar-refractivity contribution in [3.05, 3.63) is 0 Å². The van der Waals surface area contributed by atoms with Crippen molar-refractivity contribution in [2.75, 3.05) is 39.6 Å². The van der Waals surface area contributed by atoms with E-state index in [0.29, 0.717) is 25.7 Å². The molecule has 0 aromatic carbocycles. The Morgan fingerprint density at radius 3 is 0.732 bits per heavy atom. The van der Waals surface area contributed by atoms with E-state index in [1.807, 2.05) is 0 Å². The van der Waals surface area contributed by atoms with Gasteiger partial charge in [-0.15, -0.1) is 0 Å². The predicted octanol–water partition coefficient (Wildman–Crippen LogP) is 23.3. The molecule has 0 aliphatic carbocycles. The molecule has 0 saturated heterocycles. The van der Waals surface area contributed by atoms with Crippen molar-refractivity contribution in [1.82, 2.24) is 0 Å². The third kappa shape index (κ3) is 70.9. The van der Waals surface area contributed by atoms with E-state index in [1.54, 1.807) is 0 Å². The molecule has 0 aliphatic heterocycles. The Bertz CT molecular complexity index is 1860. The van der Waals surface area contributed by atoms with Crippen LogP contribution in [0.25, 0.3) is 0 Å².